The third-order valence-corrected chi connectivity index (χ3v) is 8.45. The molecule has 1 aliphatic rings. The lowest BCUT2D eigenvalue weighted by molar-refractivity contribution is -0.113. The van der Waals surface area contributed by atoms with Gasteiger partial charge in [-0.1, -0.05) is 96.2 Å². The summed E-state index contributed by atoms with van der Waals surface area (Å²) >= 11 is 7.90. The molecule has 1 atom stereocenters. The van der Waals surface area contributed by atoms with Crippen LogP contribution in [0.4, 0.5) is 11.6 Å². The number of amides is 1. The molecule has 0 bridgehead atoms. The third kappa shape index (κ3) is 6.44. The third-order valence-electron chi connectivity index (χ3n) is 7.17. The van der Waals surface area contributed by atoms with Crippen LogP contribution in [-0.4, -0.2) is 27.8 Å². The highest BCUT2D eigenvalue weighted by atomic mass is 35.5. The number of aromatic nitrogens is 3. The van der Waals surface area contributed by atoms with Crippen LogP contribution < -0.4 is 20.1 Å². The first-order valence-electron chi connectivity index (χ1n) is 14.0. The average molecular weight is 624 g/mol. The summed E-state index contributed by atoms with van der Waals surface area (Å²) in [4.78, 5) is 18.8. The Morgan fingerprint density at radius 3 is 2.59 bits per heavy atom. The van der Waals surface area contributed by atoms with Gasteiger partial charge < -0.3 is 20.1 Å². The van der Waals surface area contributed by atoms with E-state index in [1.807, 2.05) is 85.8 Å². The van der Waals surface area contributed by atoms with Crippen molar-refractivity contribution < 1.29 is 14.3 Å². The van der Waals surface area contributed by atoms with Crippen LogP contribution in [0.3, 0.4) is 0 Å². The van der Waals surface area contributed by atoms with Gasteiger partial charge in [-0.15, -0.1) is 5.10 Å². The summed E-state index contributed by atoms with van der Waals surface area (Å²) in [7, 11) is 1.57. The molecule has 1 aromatic heterocycles. The van der Waals surface area contributed by atoms with E-state index in [0.29, 0.717) is 56.9 Å². The maximum absolute atomic E-state index is 14.0. The zero-order valence-electron chi connectivity index (χ0n) is 24.2. The molecule has 1 unspecified atom stereocenters. The smallest absolute Gasteiger partial charge is 0.255 e. The second kappa shape index (κ2) is 13.3. The number of nitrogens with one attached hydrogen (secondary N) is 2. The van der Waals surface area contributed by atoms with Gasteiger partial charge in [0.2, 0.25) is 11.1 Å². The van der Waals surface area contributed by atoms with Crippen molar-refractivity contribution in [3.63, 3.8) is 0 Å². The molecule has 0 fully saturated rings. The standard InChI is InChI=1S/C34H30ClN5O3S/c1-22-30(32(41)37-28-17-8-9-18-29(28)42-2)31(24-14-10-15-26(19-24)43-20-25-13-6-7-16-27(25)35)40-33(36-22)38-34(39-40)44-21-23-11-4-3-5-12-23/h3-19,31H,20-21H2,1-2H3,(H,37,41)(H,36,38,39). The molecule has 2 heterocycles. The van der Waals surface area contributed by atoms with E-state index in [2.05, 4.69) is 22.8 Å². The first-order chi connectivity index (χ1) is 21.5. The van der Waals surface area contributed by atoms with Crippen LogP contribution in [-0.2, 0) is 17.2 Å². The van der Waals surface area contributed by atoms with Crippen molar-refractivity contribution in [1.29, 1.82) is 0 Å². The lowest BCUT2D eigenvalue weighted by Crippen LogP contribution is -2.31. The Bertz CT molecular complexity index is 1820. The highest BCUT2D eigenvalue weighted by molar-refractivity contribution is 7.98. The van der Waals surface area contributed by atoms with E-state index in [-0.39, 0.29) is 5.91 Å². The maximum Gasteiger partial charge on any atom is 0.255 e. The number of ether oxygens (including phenoxy) is 2. The number of allylic oxidation sites excluding steroid dienone is 1. The summed E-state index contributed by atoms with van der Waals surface area (Å²) < 4.78 is 13.4. The van der Waals surface area contributed by atoms with Crippen molar-refractivity contribution in [2.45, 2.75) is 30.5 Å². The average Bonchev–Trinajstić information content (AvgIpc) is 3.46. The van der Waals surface area contributed by atoms with Gasteiger partial charge in [0.25, 0.3) is 5.91 Å². The fourth-order valence-corrected chi connectivity index (χ4v) is 5.98. The van der Waals surface area contributed by atoms with Crippen molar-refractivity contribution >= 4 is 40.9 Å². The fraction of sp³-hybridized carbons (Fsp3) is 0.147. The van der Waals surface area contributed by atoms with E-state index in [4.69, 9.17) is 31.2 Å². The number of carbonyl (C=O) groups excluding carboxylic acids is 1. The predicted octanol–water partition coefficient (Wildman–Crippen LogP) is 7.74. The van der Waals surface area contributed by atoms with Crippen molar-refractivity contribution in [3.05, 3.63) is 136 Å². The van der Waals surface area contributed by atoms with Gasteiger partial charge in [0.05, 0.1) is 18.4 Å². The number of anilines is 2. The number of halogens is 1. The van der Waals surface area contributed by atoms with Gasteiger partial charge >= 0.3 is 0 Å². The molecule has 6 rings (SSSR count). The number of hydrogen-bond acceptors (Lipinski definition) is 7. The van der Waals surface area contributed by atoms with Gasteiger partial charge in [0.1, 0.15) is 24.1 Å². The minimum Gasteiger partial charge on any atom is -0.495 e. The van der Waals surface area contributed by atoms with Crippen LogP contribution in [0.1, 0.15) is 29.7 Å². The van der Waals surface area contributed by atoms with Crippen LogP contribution in [0.15, 0.2) is 120 Å². The molecule has 44 heavy (non-hydrogen) atoms. The van der Waals surface area contributed by atoms with Crippen molar-refractivity contribution in [2.75, 3.05) is 17.7 Å². The fourth-order valence-electron chi connectivity index (χ4n) is 5.01. The number of benzene rings is 4. The molecule has 1 aliphatic heterocycles. The van der Waals surface area contributed by atoms with E-state index >= 15 is 0 Å². The summed E-state index contributed by atoms with van der Waals surface area (Å²) in [5, 5.41) is 12.5. The largest absolute Gasteiger partial charge is 0.495 e. The van der Waals surface area contributed by atoms with Crippen LogP contribution in [0.25, 0.3) is 0 Å². The highest BCUT2D eigenvalue weighted by Crippen LogP contribution is 2.38. The first-order valence-corrected chi connectivity index (χ1v) is 15.4. The van der Waals surface area contributed by atoms with Crippen molar-refractivity contribution in [1.82, 2.24) is 14.8 Å². The number of rotatable bonds is 10. The Hall–Kier alpha value is -4.73. The van der Waals surface area contributed by atoms with E-state index in [9.17, 15) is 4.79 Å². The van der Waals surface area contributed by atoms with Gasteiger partial charge in [0, 0.05) is 22.0 Å². The molecule has 0 spiro atoms. The van der Waals surface area contributed by atoms with Crippen LogP contribution >= 0.6 is 23.4 Å². The second-order valence-corrected chi connectivity index (χ2v) is 11.5. The number of hydrogen-bond donors (Lipinski definition) is 2. The Kier molecular flexibility index (Phi) is 8.86. The number of thioether (sulfide) groups is 1. The molecular weight excluding hydrogens is 594 g/mol. The topological polar surface area (TPSA) is 90.3 Å². The first kappa shape index (κ1) is 29.3. The van der Waals surface area contributed by atoms with Crippen LogP contribution in [0, 0.1) is 0 Å². The molecule has 222 valence electrons. The zero-order valence-corrected chi connectivity index (χ0v) is 25.7. The minimum absolute atomic E-state index is 0.286. The molecule has 2 N–H and O–H groups in total. The molecule has 8 nitrogen and oxygen atoms in total. The van der Waals surface area contributed by atoms with Gasteiger partial charge in [-0.2, -0.15) is 4.98 Å². The van der Waals surface area contributed by atoms with E-state index < -0.39 is 6.04 Å². The molecule has 0 saturated carbocycles. The van der Waals surface area contributed by atoms with Crippen LogP contribution in [0.5, 0.6) is 11.5 Å². The Morgan fingerprint density at radius 2 is 1.77 bits per heavy atom. The molecule has 5 aromatic rings. The molecule has 4 aromatic carbocycles. The predicted molar refractivity (Wildman–Crippen MR) is 174 cm³/mol. The van der Waals surface area contributed by atoms with E-state index in [0.717, 1.165) is 11.1 Å². The Labute approximate surface area is 265 Å². The minimum atomic E-state index is -0.580. The Balaban J connectivity index is 1.34. The summed E-state index contributed by atoms with van der Waals surface area (Å²) in [5.74, 6) is 2.19. The summed E-state index contributed by atoms with van der Waals surface area (Å²) in [6, 6.07) is 32.2. The monoisotopic (exact) mass is 623 g/mol. The maximum atomic E-state index is 14.0. The molecule has 0 radical (unpaired) electrons. The lowest BCUT2D eigenvalue weighted by Gasteiger charge is -2.29. The van der Waals surface area contributed by atoms with Crippen molar-refractivity contribution in [2.24, 2.45) is 0 Å². The molecule has 0 aliphatic carbocycles. The van der Waals surface area contributed by atoms with Gasteiger partial charge in [-0.05, 0) is 48.4 Å². The van der Waals surface area contributed by atoms with Gasteiger partial charge in [-0.3, -0.25) is 4.79 Å². The van der Waals surface area contributed by atoms with E-state index in [1.54, 1.807) is 23.9 Å². The van der Waals surface area contributed by atoms with Gasteiger partial charge in [0.15, 0.2) is 0 Å². The number of methoxy groups -OCH3 is 1. The van der Waals surface area contributed by atoms with Crippen LogP contribution in [0.2, 0.25) is 5.02 Å². The summed E-state index contributed by atoms with van der Waals surface area (Å²) in [5.41, 5.74) is 4.61. The lowest BCUT2D eigenvalue weighted by atomic mass is 9.94. The number of fused-ring (bicyclic) bond motifs is 1. The SMILES string of the molecule is COc1ccccc1NC(=O)C1=C(C)Nc2nc(SCc3ccccc3)nn2C1c1cccc(OCc2ccccc2Cl)c1. The van der Waals surface area contributed by atoms with Crippen molar-refractivity contribution in [3.8, 4) is 11.5 Å². The number of para-hydroxylation sites is 2. The molecular formula is C34H30ClN5O3S. The summed E-state index contributed by atoms with van der Waals surface area (Å²) in [6.45, 7) is 2.18. The van der Waals surface area contributed by atoms with Gasteiger partial charge in [-0.25, -0.2) is 4.68 Å². The number of carbonyl (C=O) groups is 1. The quantitative estimate of drug-likeness (QED) is 0.154. The van der Waals surface area contributed by atoms with E-state index in [1.165, 1.54) is 17.3 Å². The Morgan fingerprint density at radius 1 is 1.00 bits per heavy atom. The molecule has 0 saturated heterocycles. The molecule has 1 amide bonds. The molecule has 10 heteroatoms. The zero-order chi connectivity index (χ0) is 30.5. The second-order valence-electron chi connectivity index (χ2n) is 10.1. The summed E-state index contributed by atoms with van der Waals surface area (Å²) in [6.07, 6.45) is 0. The normalized spacial score (nSPS) is 14.0. The number of nitrogens with zero attached hydrogens (tertiary/aromatic N) is 3. The highest BCUT2D eigenvalue weighted by Gasteiger charge is 2.35.